The molecule has 3 aromatic carbocycles. The molecule has 6 rings (SSSR count). The summed E-state index contributed by atoms with van der Waals surface area (Å²) in [6.07, 6.45) is 0. The number of hydrogen-bond donors (Lipinski definition) is 2. The molecule has 1 unspecified atom stereocenters. The number of hydrogen-bond acceptors (Lipinski definition) is 9. The van der Waals surface area contributed by atoms with E-state index >= 15 is 0 Å². The Balaban J connectivity index is 1.54. The minimum Gasteiger partial charge on any atom is -0.507 e. The van der Waals surface area contributed by atoms with Crippen molar-refractivity contribution in [1.29, 1.82) is 0 Å². The van der Waals surface area contributed by atoms with Crippen LogP contribution in [0.4, 0.5) is 5.69 Å². The fourth-order valence-electron chi connectivity index (χ4n) is 4.62. The van der Waals surface area contributed by atoms with E-state index < -0.39 is 17.7 Å². The molecule has 3 aromatic rings. The first kappa shape index (κ1) is 22.6. The topological polar surface area (TPSA) is 124 Å². The molecular formula is C27H21NO9. The molecule has 0 spiro atoms. The van der Waals surface area contributed by atoms with Gasteiger partial charge in [0, 0.05) is 17.3 Å². The van der Waals surface area contributed by atoms with Gasteiger partial charge in [-0.05, 0) is 55.0 Å². The molecule has 1 saturated heterocycles. The van der Waals surface area contributed by atoms with Gasteiger partial charge in [-0.1, -0.05) is 6.07 Å². The van der Waals surface area contributed by atoms with E-state index in [2.05, 4.69) is 0 Å². The van der Waals surface area contributed by atoms with Crippen molar-refractivity contribution in [2.45, 2.75) is 13.0 Å². The van der Waals surface area contributed by atoms with E-state index in [1.54, 1.807) is 55.5 Å². The number of aromatic hydroxyl groups is 1. The molecule has 0 radical (unpaired) electrons. The lowest BCUT2D eigenvalue weighted by Gasteiger charge is -2.26. The number of rotatable bonds is 5. The maximum absolute atomic E-state index is 13.4. The summed E-state index contributed by atoms with van der Waals surface area (Å²) in [5.41, 5.74) is 0.962. The highest BCUT2D eigenvalue weighted by atomic mass is 16.7. The molecule has 3 aliphatic rings. The lowest BCUT2D eigenvalue weighted by Crippen LogP contribution is -2.29. The summed E-state index contributed by atoms with van der Waals surface area (Å²) >= 11 is 0. The average molecular weight is 503 g/mol. The maximum Gasteiger partial charge on any atom is 0.300 e. The van der Waals surface area contributed by atoms with Crippen molar-refractivity contribution in [3.8, 4) is 34.5 Å². The summed E-state index contributed by atoms with van der Waals surface area (Å²) in [4.78, 5) is 28.1. The SMILES string of the molecule is CCOc1cc(C2/C(=C(\O)c3ccc4c(c3)OCO4)C(=O)C(=O)N2c2ccc3c(c2)OCO3)ccc1O. The molecule has 0 aliphatic carbocycles. The Bertz CT molecular complexity index is 1480. The molecular weight excluding hydrogens is 482 g/mol. The van der Waals surface area contributed by atoms with Crippen LogP contribution >= 0.6 is 0 Å². The third-order valence-electron chi connectivity index (χ3n) is 6.32. The molecule has 2 N–H and O–H groups in total. The molecule has 1 atom stereocenters. The molecule has 1 fully saturated rings. The van der Waals surface area contributed by atoms with E-state index in [0.29, 0.717) is 34.2 Å². The monoisotopic (exact) mass is 503 g/mol. The number of carbonyl (C=O) groups is 2. The van der Waals surface area contributed by atoms with Crippen LogP contribution in [0, 0.1) is 0 Å². The van der Waals surface area contributed by atoms with Gasteiger partial charge in [-0.15, -0.1) is 0 Å². The van der Waals surface area contributed by atoms with E-state index in [1.807, 2.05) is 0 Å². The number of aliphatic hydroxyl groups is 1. The van der Waals surface area contributed by atoms with E-state index in [9.17, 15) is 19.8 Å². The second-order valence-electron chi connectivity index (χ2n) is 8.43. The number of Topliss-reactive ketones (excluding diaryl/α,β-unsaturated/α-hetero) is 1. The van der Waals surface area contributed by atoms with Crippen LogP contribution in [0.3, 0.4) is 0 Å². The van der Waals surface area contributed by atoms with Gasteiger partial charge < -0.3 is 33.9 Å². The van der Waals surface area contributed by atoms with Gasteiger partial charge in [-0.25, -0.2) is 0 Å². The fraction of sp³-hybridized carbons (Fsp3) is 0.185. The Hall–Kier alpha value is -4.86. The number of amides is 1. The number of ketones is 1. The molecule has 10 heteroatoms. The van der Waals surface area contributed by atoms with Gasteiger partial charge in [0.1, 0.15) is 5.76 Å². The Morgan fingerprint density at radius 1 is 0.919 bits per heavy atom. The molecule has 0 aromatic heterocycles. The van der Waals surface area contributed by atoms with Crippen LogP contribution in [-0.4, -0.2) is 42.1 Å². The summed E-state index contributed by atoms with van der Waals surface area (Å²) in [5, 5.41) is 21.6. The molecule has 3 aliphatic heterocycles. The van der Waals surface area contributed by atoms with E-state index in [1.165, 1.54) is 11.0 Å². The van der Waals surface area contributed by atoms with Crippen LogP contribution in [0.1, 0.15) is 24.1 Å². The Labute approximate surface area is 210 Å². The quantitative estimate of drug-likeness (QED) is 0.303. The van der Waals surface area contributed by atoms with Crippen molar-refractivity contribution >= 4 is 23.1 Å². The minimum absolute atomic E-state index is 0.0425. The third kappa shape index (κ3) is 3.65. The summed E-state index contributed by atoms with van der Waals surface area (Å²) in [6.45, 7) is 2.14. The van der Waals surface area contributed by atoms with Gasteiger partial charge in [0.25, 0.3) is 11.7 Å². The lowest BCUT2D eigenvalue weighted by atomic mass is 9.94. The Morgan fingerprint density at radius 2 is 1.59 bits per heavy atom. The van der Waals surface area contributed by atoms with Crippen molar-refractivity contribution in [1.82, 2.24) is 0 Å². The second kappa shape index (κ2) is 8.66. The summed E-state index contributed by atoms with van der Waals surface area (Å²) < 4.78 is 27.1. The van der Waals surface area contributed by atoms with Crippen molar-refractivity contribution < 1.29 is 43.5 Å². The number of benzene rings is 3. The average Bonchev–Trinajstić information content (AvgIpc) is 3.62. The van der Waals surface area contributed by atoms with Crippen molar-refractivity contribution in [2.24, 2.45) is 0 Å². The highest BCUT2D eigenvalue weighted by Gasteiger charge is 2.47. The highest BCUT2D eigenvalue weighted by Crippen LogP contribution is 2.46. The van der Waals surface area contributed by atoms with Gasteiger partial charge in [-0.3, -0.25) is 14.5 Å². The first-order valence-electron chi connectivity index (χ1n) is 11.5. The van der Waals surface area contributed by atoms with Gasteiger partial charge >= 0.3 is 0 Å². The van der Waals surface area contributed by atoms with Gasteiger partial charge in [-0.2, -0.15) is 0 Å². The zero-order valence-electron chi connectivity index (χ0n) is 19.6. The fourth-order valence-corrected chi connectivity index (χ4v) is 4.62. The summed E-state index contributed by atoms with van der Waals surface area (Å²) in [5.74, 6) is -0.143. The normalized spacial score (nSPS) is 18.9. The van der Waals surface area contributed by atoms with Crippen LogP contribution in [0.2, 0.25) is 0 Å². The molecule has 0 saturated carbocycles. The molecule has 0 bridgehead atoms. The second-order valence-corrected chi connectivity index (χ2v) is 8.43. The molecule has 37 heavy (non-hydrogen) atoms. The third-order valence-corrected chi connectivity index (χ3v) is 6.32. The lowest BCUT2D eigenvalue weighted by molar-refractivity contribution is -0.132. The van der Waals surface area contributed by atoms with Crippen molar-refractivity contribution in [3.05, 3.63) is 71.3 Å². The number of phenolic OH excluding ortho intramolecular Hbond substituents is 1. The van der Waals surface area contributed by atoms with Crippen molar-refractivity contribution in [2.75, 3.05) is 25.1 Å². The first-order valence-corrected chi connectivity index (χ1v) is 11.5. The first-order chi connectivity index (χ1) is 18.0. The number of phenols is 1. The van der Waals surface area contributed by atoms with Crippen LogP contribution < -0.4 is 28.6 Å². The van der Waals surface area contributed by atoms with Crippen molar-refractivity contribution in [3.63, 3.8) is 0 Å². The number of aliphatic hydroxyl groups excluding tert-OH is 1. The minimum atomic E-state index is -1.04. The standard InChI is InChI=1S/C27H21NO9/c1-2-33-20-9-14(3-6-17(20)29)24-23(25(30)15-4-7-18-21(10-15)36-12-34-18)26(31)27(32)28(24)16-5-8-19-22(11-16)37-13-35-19/h3-11,24,29-30H,2,12-13H2,1H3/b25-23+. The highest BCUT2D eigenvalue weighted by molar-refractivity contribution is 6.51. The molecule has 3 heterocycles. The number of nitrogens with zero attached hydrogens (tertiary/aromatic N) is 1. The van der Waals surface area contributed by atoms with Crippen LogP contribution in [0.15, 0.2) is 60.2 Å². The summed E-state index contributed by atoms with van der Waals surface area (Å²) in [7, 11) is 0. The van der Waals surface area contributed by atoms with Gasteiger partial charge in [0.2, 0.25) is 13.6 Å². The van der Waals surface area contributed by atoms with Crippen LogP contribution in [0.25, 0.3) is 5.76 Å². The molecule has 10 nitrogen and oxygen atoms in total. The van der Waals surface area contributed by atoms with Crippen LogP contribution in [0.5, 0.6) is 34.5 Å². The van der Waals surface area contributed by atoms with Gasteiger partial charge in [0.05, 0.1) is 18.2 Å². The number of carbonyl (C=O) groups excluding carboxylic acids is 2. The number of ether oxygens (including phenoxy) is 5. The van der Waals surface area contributed by atoms with E-state index in [0.717, 1.165) is 0 Å². The van der Waals surface area contributed by atoms with Gasteiger partial charge in [0.15, 0.2) is 34.5 Å². The predicted molar refractivity (Wildman–Crippen MR) is 129 cm³/mol. The molecule has 1 amide bonds. The number of anilines is 1. The summed E-state index contributed by atoms with van der Waals surface area (Å²) in [6, 6.07) is 13.1. The zero-order valence-corrected chi connectivity index (χ0v) is 19.6. The maximum atomic E-state index is 13.4. The Morgan fingerprint density at radius 3 is 2.32 bits per heavy atom. The zero-order chi connectivity index (χ0) is 25.7. The Kier molecular flexibility index (Phi) is 5.29. The predicted octanol–water partition coefficient (Wildman–Crippen LogP) is 3.87. The van der Waals surface area contributed by atoms with E-state index in [4.69, 9.17) is 23.7 Å². The largest absolute Gasteiger partial charge is 0.507 e. The van der Waals surface area contributed by atoms with Crippen LogP contribution in [-0.2, 0) is 9.59 Å². The smallest absolute Gasteiger partial charge is 0.300 e. The molecule has 188 valence electrons. The number of fused-ring (bicyclic) bond motifs is 2. The van der Waals surface area contributed by atoms with E-state index in [-0.39, 0.29) is 48.6 Å².